The standard InChI is InChI=1S/C16H36NO/c1-5-9-10-11-12-13-14-15-18-16-17(6-2,7-3)8-4/h5-16H2,1-4H3/q+1. The van der Waals surface area contributed by atoms with Crippen molar-refractivity contribution in [3.63, 3.8) is 0 Å². The van der Waals surface area contributed by atoms with Crippen LogP contribution in [0.15, 0.2) is 0 Å². The lowest BCUT2D eigenvalue weighted by molar-refractivity contribution is -0.941. The van der Waals surface area contributed by atoms with E-state index in [2.05, 4.69) is 27.7 Å². The topological polar surface area (TPSA) is 9.23 Å². The van der Waals surface area contributed by atoms with Crippen LogP contribution >= 0.6 is 0 Å². The molecule has 2 heteroatoms. The molecule has 110 valence electrons. The lowest BCUT2D eigenvalue weighted by Crippen LogP contribution is -2.49. The van der Waals surface area contributed by atoms with Crippen molar-refractivity contribution in [3.05, 3.63) is 0 Å². The van der Waals surface area contributed by atoms with Gasteiger partial charge < -0.3 is 9.22 Å². The number of hydrogen-bond acceptors (Lipinski definition) is 1. The van der Waals surface area contributed by atoms with Crippen molar-refractivity contribution in [3.8, 4) is 0 Å². The number of ether oxygens (including phenoxy) is 1. The van der Waals surface area contributed by atoms with Gasteiger partial charge >= 0.3 is 0 Å². The van der Waals surface area contributed by atoms with Crippen molar-refractivity contribution in [1.82, 2.24) is 0 Å². The van der Waals surface area contributed by atoms with E-state index in [9.17, 15) is 0 Å². The predicted octanol–water partition coefficient (Wildman–Crippen LogP) is 4.59. The molecule has 0 radical (unpaired) electrons. The maximum atomic E-state index is 5.87. The number of hydrogen-bond donors (Lipinski definition) is 0. The number of unbranched alkanes of at least 4 members (excludes halogenated alkanes) is 6. The van der Waals surface area contributed by atoms with Crippen LogP contribution in [-0.4, -0.2) is 37.5 Å². The van der Waals surface area contributed by atoms with E-state index in [1.807, 2.05) is 0 Å². The molecule has 0 aromatic rings. The van der Waals surface area contributed by atoms with Crippen molar-refractivity contribution >= 4 is 0 Å². The Balaban J connectivity index is 3.38. The molecule has 18 heavy (non-hydrogen) atoms. The Hall–Kier alpha value is -0.0800. The summed E-state index contributed by atoms with van der Waals surface area (Å²) in [7, 11) is 0. The third kappa shape index (κ3) is 8.10. The zero-order valence-electron chi connectivity index (χ0n) is 13.3. The molecule has 0 amide bonds. The molecule has 0 aliphatic carbocycles. The molecule has 0 heterocycles. The first-order chi connectivity index (χ1) is 8.74. The van der Waals surface area contributed by atoms with Gasteiger partial charge in [-0.15, -0.1) is 0 Å². The normalized spacial score (nSPS) is 12.0. The van der Waals surface area contributed by atoms with E-state index in [1.54, 1.807) is 0 Å². The Labute approximate surface area is 115 Å². The van der Waals surface area contributed by atoms with Gasteiger partial charge in [0.2, 0.25) is 0 Å². The van der Waals surface area contributed by atoms with Crippen LogP contribution in [0.2, 0.25) is 0 Å². The second kappa shape index (κ2) is 12.0. The molecular formula is C16H36NO+. The minimum Gasteiger partial charge on any atom is -0.332 e. The highest BCUT2D eigenvalue weighted by Gasteiger charge is 2.20. The summed E-state index contributed by atoms with van der Waals surface area (Å²) >= 11 is 0. The molecule has 0 aromatic carbocycles. The molecule has 0 rings (SSSR count). The highest BCUT2D eigenvalue weighted by atomic mass is 16.5. The highest BCUT2D eigenvalue weighted by molar-refractivity contribution is 4.44. The molecule has 0 aliphatic heterocycles. The Morgan fingerprint density at radius 2 is 1.17 bits per heavy atom. The maximum absolute atomic E-state index is 5.87. The zero-order chi connectivity index (χ0) is 13.7. The minimum absolute atomic E-state index is 0.902. The van der Waals surface area contributed by atoms with Gasteiger partial charge in [0, 0.05) is 0 Å². The Morgan fingerprint density at radius 1 is 0.667 bits per heavy atom. The number of quaternary nitrogens is 1. The van der Waals surface area contributed by atoms with Crippen molar-refractivity contribution in [2.45, 2.75) is 72.6 Å². The molecule has 0 bridgehead atoms. The van der Waals surface area contributed by atoms with Gasteiger partial charge in [-0.3, -0.25) is 0 Å². The van der Waals surface area contributed by atoms with Gasteiger partial charge in [0.15, 0.2) is 6.73 Å². The molecule has 0 unspecified atom stereocenters. The first-order valence-electron chi connectivity index (χ1n) is 8.17. The van der Waals surface area contributed by atoms with Crippen LogP contribution in [0.5, 0.6) is 0 Å². The second-order valence-corrected chi connectivity index (χ2v) is 5.45. The summed E-state index contributed by atoms with van der Waals surface area (Å²) in [5.41, 5.74) is 0. The van der Waals surface area contributed by atoms with Gasteiger partial charge in [0.1, 0.15) is 0 Å². The van der Waals surface area contributed by atoms with Crippen LogP contribution in [0.4, 0.5) is 0 Å². The monoisotopic (exact) mass is 258 g/mol. The maximum Gasteiger partial charge on any atom is 0.183 e. The van der Waals surface area contributed by atoms with E-state index >= 15 is 0 Å². The van der Waals surface area contributed by atoms with Gasteiger partial charge in [-0.2, -0.15) is 0 Å². The Morgan fingerprint density at radius 3 is 1.67 bits per heavy atom. The average molecular weight is 258 g/mol. The zero-order valence-corrected chi connectivity index (χ0v) is 13.3. The van der Waals surface area contributed by atoms with E-state index in [0.717, 1.165) is 17.8 Å². The highest BCUT2D eigenvalue weighted by Crippen LogP contribution is 2.09. The summed E-state index contributed by atoms with van der Waals surface area (Å²) in [5.74, 6) is 0. The summed E-state index contributed by atoms with van der Waals surface area (Å²) in [6.45, 7) is 14.5. The van der Waals surface area contributed by atoms with Crippen molar-refractivity contribution < 1.29 is 9.22 Å². The molecule has 0 fully saturated rings. The van der Waals surface area contributed by atoms with Crippen LogP contribution in [0.3, 0.4) is 0 Å². The molecule has 0 aromatic heterocycles. The average Bonchev–Trinajstić information content (AvgIpc) is 2.42. The third-order valence-electron chi connectivity index (χ3n) is 4.27. The van der Waals surface area contributed by atoms with Crippen LogP contribution in [0.25, 0.3) is 0 Å². The van der Waals surface area contributed by atoms with Crippen LogP contribution in [0, 0.1) is 0 Å². The fourth-order valence-electron chi connectivity index (χ4n) is 2.36. The number of nitrogens with zero attached hydrogens (tertiary/aromatic N) is 1. The molecule has 2 nitrogen and oxygen atoms in total. The summed E-state index contributed by atoms with van der Waals surface area (Å²) < 4.78 is 6.98. The summed E-state index contributed by atoms with van der Waals surface area (Å²) in [6, 6.07) is 0. The quantitative estimate of drug-likeness (QED) is 0.267. The van der Waals surface area contributed by atoms with Crippen LogP contribution in [-0.2, 0) is 4.74 Å². The summed E-state index contributed by atoms with van der Waals surface area (Å²) in [6.07, 6.45) is 9.54. The minimum atomic E-state index is 0.902. The summed E-state index contributed by atoms with van der Waals surface area (Å²) in [5, 5.41) is 0. The smallest absolute Gasteiger partial charge is 0.183 e. The fraction of sp³-hybridized carbons (Fsp3) is 1.00. The lowest BCUT2D eigenvalue weighted by Gasteiger charge is -2.35. The second-order valence-electron chi connectivity index (χ2n) is 5.45. The van der Waals surface area contributed by atoms with E-state index in [0.29, 0.717) is 0 Å². The first kappa shape index (κ1) is 17.9. The molecule has 0 saturated carbocycles. The van der Waals surface area contributed by atoms with E-state index < -0.39 is 0 Å². The van der Waals surface area contributed by atoms with Gasteiger partial charge in [0.25, 0.3) is 0 Å². The van der Waals surface area contributed by atoms with Crippen LogP contribution < -0.4 is 0 Å². The first-order valence-corrected chi connectivity index (χ1v) is 8.17. The van der Waals surface area contributed by atoms with E-state index in [1.165, 1.54) is 64.6 Å². The molecule has 0 aliphatic rings. The largest absolute Gasteiger partial charge is 0.332 e. The van der Waals surface area contributed by atoms with Gasteiger partial charge in [-0.1, -0.05) is 45.4 Å². The van der Waals surface area contributed by atoms with Crippen LogP contribution in [0.1, 0.15) is 72.6 Å². The molecule has 0 N–H and O–H groups in total. The SMILES string of the molecule is CCCCCCCCCOC[N+](CC)(CC)CC. The van der Waals surface area contributed by atoms with Crippen molar-refractivity contribution in [1.29, 1.82) is 0 Å². The lowest BCUT2D eigenvalue weighted by atomic mass is 10.1. The van der Waals surface area contributed by atoms with E-state index in [4.69, 9.17) is 4.74 Å². The Bertz CT molecular complexity index is 158. The summed E-state index contributed by atoms with van der Waals surface area (Å²) in [4.78, 5) is 0. The Kier molecular flexibility index (Phi) is 11.9. The van der Waals surface area contributed by atoms with Crippen molar-refractivity contribution in [2.75, 3.05) is 33.0 Å². The van der Waals surface area contributed by atoms with E-state index in [-0.39, 0.29) is 0 Å². The molecule has 0 atom stereocenters. The third-order valence-corrected chi connectivity index (χ3v) is 4.27. The predicted molar refractivity (Wildman–Crippen MR) is 80.7 cm³/mol. The molecular weight excluding hydrogens is 222 g/mol. The fourth-order valence-corrected chi connectivity index (χ4v) is 2.36. The van der Waals surface area contributed by atoms with Gasteiger partial charge in [0.05, 0.1) is 26.2 Å². The van der Waals surface area contributed by atoms with Gasteiger partial charge in [-0.05, 0) is 27.2 Å². The molecule has 0 spiro atoms. The number of rotatable bonds is 13. The van der Waals surface area contributed by atoms with Crippen molar-refractivity contribution in [2.24, 2.45) is 0 Å². The van der Waals surface area contributed by atoms with Gasteiger partial charge in [-0.25, -0.2) is 0 Å². The molecule has 0 saturated heterocycles.